The Morgan fingerprint density at radius 1 is 1.11 bits per heavy atom. The number of benzene rings is 1. The zero-order valence-electron chi connectivity index (χ0n) is 10.9. The van der Waals surface area contributed by atoms with Crippen LogP contribution in [0.3, 0.4) is 0 Å². The smallest absolute Gasteiger partial charge is 0.328 e. The van der Waals surface area contributed by atoms with Crippen LogP contribution in [0.1, 0.15) is 0 Å². The summed E-state index contributed by atoms with van der Waals surface area (Å²) < 4.78 is 15.3. The van der Waals surface area contributed by atoms with Gasteiger partial charge in [-0.15, -0.1) is 0 Å². The molecule has 7 nitrogen and oxygen atoms in total. The average Bonchev–Trinajstić information content (AvgIpc) is 2.45. The maximum Gasteiger partial charge on any atom is 0.328 e. The van der Waals surface area contributed by atoms with Gasteiger partial charge in [0.15, 0.2) is 11.5 Å². The summed E-state index contributed by atoms with van der Waals surface area (Å²) in [6.45, 7) is 0. The van der Waals surface area contributed by atoms with Gasteiger partial charge in [-0.25, -0.2) is 10.6 Å². The van der Waals surface area contributed by atoms with Gasteiger partial charge in [0.05, 0.1) is 21.3 Å². The van der Waals surface area contributed by atoms with Crippen molar-refractivity contribution in [1.82, 2.24) is 10.7 Å². The molecule has 0 unspecified atom stereocenters. The number of ether oxygens (including phenoxy) is 3. The Morgan fingerprint density at radius 3 is 1.83 bits per heavy atom. The van der Waals surface area contributed by atoms with Gasteiger partial charge in [0.2, 0.25) is 5.75 Å². The van der Waals surface area contributed by atoms with Crippen molar-refractivity contribution < 1.29 is 19.0 Å². The molecule has 0 aliphatic heterocycles. The lowest BCUT2D eigenvalue weighted by Crippen LogP contribution is -2.37. The molecule has 18 heavy (non-hydrogen) atoms. The lowest BCUT2D eigenvalue weighted by atomic mass is 10.3. The SMILES string of the molecule is CNC(=O)NN.COc1cccc(OC)c1OC. The molecule has 0 atom stereocenters. The number of methoxy groups -OCH3 is 3. The Morgan fingerprint density at radius 2 is 1.61 bits per heavy atom. The Labute approximate surface area is 106 Å². The highest BCUT2D eigenvalue weighted by Gasteiger charge is 2.08. The zero-order chi connectivity index (χ0) is 14.0. The van der Waals surface area contributed by atoms with Crippen molar-refractivity contribution in [3.05, 3.63) is 18.2 Å². The lowest BCUT2D eigenvalue weighted by Gasteiger charge is -2.10. The van der Waals surface area contributed by atoms with E-state index in [1.165, 1.54) is 7.05 Å². The number of amides is 2. The molecule has 0 bridgehead atoms. The van der Waals surface area contributed by atoms with Crippen LogP contribution in [-0.2, 0) is 0 Å². The van der Waals surface area contributed by atoms with Gasteiger partial charge in [0.1, 0.15) is 0 Å². The van der Waals surface area contributed by atoms with Crippen molar-refractivity contribution in [1.29, 1.82) is 0 Å². The molecule has 7 heteroatoms. The third kappa shape index (κ3) is 4.79. The predicted octanol–water partition coefficient (Wildman–Crippen LogP) is 0.501. The van der Waals surface area contributed by atoms with Crippen LogP contribution >= 0.6 is 0 Å². The van der Waals surface area contributed by atoms with Gasteiger partial charge >= 0.3 is 6.03 Å². The molecule has 0 heterocycles. The number of rotatable bonds is 3. The first-order valence-corrected chi connectivity index (χ1v) is 5.07. The number of nitrogens with one attached hydrogen (secondary N) is 2. The highest BCUT2D eigenvalue weighted by atomic mass is 16.5. The van der Waals surface area contributed by atoms with Gasteiger partial charge in [-0.05, 0) is 12.1 Å². The fourth-order valence-electron chi connectivity index (χ4n) is 1.09. The van der Waals surface area contributed by atoms with E-state index in [0.717, 1.165) is 0 Å². The molecule has 1 aromatic carbocycles. The topological polar surface area (TPSA) is 94.8 Å². The van der Waals surface area contributed by atoms with Crippen LogP contribution in [0.25, 0.3) is 0 Å². The Balaban J connectivity index is 0.000000411. The molecule has 4 N–H and O–H groups in total. The van der Waals surface area contributed by atoms with E-state index in [9.17, 15) is 4.79 Å². The van der Waals surface area contributed by atoms with Crippen molar-refractivity contribution in [3.63, 3.8) is 0 Å². The molecule has 0 aliphatic carbocycles. The maximum absolute atomic E-state index is 9.83. The quantitative estimate of drug-likeness (QED) is 0.416. The van der Waals surface area contributed by atoms with Gasteiger partial charge < -0.3 is 19.5 Å². The molecule has 0 aromatic heterocycles. The van der Waals surface area contributed by atoms with Gasteiger partial charge in [0, 0.05) is 7.05 Å². The molecule has 0 saturated carbocycles. The number of carbonyl (C=O) groups excluding carboxylic acids is 1. The third-order valence-corrected chi connectivity index (χ3v) is 1.94. The van der Waals surface area contributed by atoms with Crippen molar-refractivity contribution >= 4 is 6.03 Å². The minimum atomic E-state index is -0.380. The second-order valence-corrected chi connectivity index (χ2v) is 2.92. The van der Waals surface area contributed by atoms with Crippen LogP contribution < -0.4 is 30.8 Å². The van der Waals surface area contributed by atoms with Gasteiger partial charge in [-0.3, -0.25) is 5.43 Å². The second kappa shape index (κ2) is 8.94. The summed E-state index contributed by atoms with van der Waals surface area (Å²) in [6, 6.07) is 5.11. The molecule has 0 saturated heterocycles. The number of carbonyl (C=O) groups is 1. The summed E-state index contributed by atoms with van der Waals surface area (Å²) in [4.78, 5) is 9.83. The predicted molar refractivity (Wildman–Crippen MR) is 67.9 cm³/mol. The summed E-state index contributed by atoms with van der Waals surface area (Å²) in [5.41, 5.74) is 1.86. The monoisotopic (exact) mass is 257 g/mol. The largest absolute Gasteiger partial charge is 0.493 e. The molecule has 1 aromatic rings. The molecule has 2 amide bonds. The van der Waals surface area contributed by atoms with Crippen LogP contribution in [0.4, 0.5) is 4.79 Å². The second-order valence-electron chi connectivity index (χ2n) is 2.92. The molecule has 0 radical (unpaired) electrons. The number of para-hydroxylation sites is 1. The van der Waals surface area contributed by atoms with Crippen molar-refractivity contribution in [2.45, 2.75) is 0 Å². The van der Waals surface area contributed by atoms with Crippen LogP contribution in [-0.4, -0.2) is 34.4 Å². The summed E-state index contributed by atoms with van der Waals surface area (Å²) in [7, 11) is 6.26. The molecule has 0 aliphatic rings. The minimum Gasteiger partial charge on any atom is -0.493 e. The van der Waals surface area contributed by atoms with E-state index in [2.05, 4.69) is 11.2 Å². The van der Waals surface area contributed by atoms with Crippen molar-refractivity contribution in [2.75, 3.05) is 28.4 Å². The molecular weight excluding hydrogens is 238 g/mol. The number of urea groups is 1. The van der Waals surface area contributed by atoms with Crippen LogP contribution in [0.15, 0.2) is 18.2 Å². The van der Waals surface area contributed by atoms with E-state index in [4.69, 9.17) is 14.2 Å². The molecule has 102 valence electrons. The third-order valence-electron chi connectivity index (χ3n) is 1.94. The zero-order valence-corrected chi connectivity index (χ0v) is 10.9. The van der Waals surface area contributed by atoms with E-state index >= 15 is 0 Å². The first-order chi connectivity index (χ1) is 8.64. The summed E-state index contributed by atoms with van der Waals surface area (Å²) >= 11 is 0. The highest BCUT2D eigenvalue weighted by Crippen LogP contribution is 2.35. The molecule has 1 rings (SSSR count). The standard InChI is InChI=1S/C9H12O3.C2H7N3O/c1-10-7-5-4-6-8(11-2)9(7)12-3;1-4-2(6)5-3/h4-6H,1-3H3;3H2,1H3,(H2,4,5,6). The van der Waals surface area contributed by atoms with E-state index in [1.54, 1.807) is 21.3 Å². The van der Waals surface area contributed by atoms with E-state index in [1.807, 2.05) is 23.6 Å². The molecule has 0 spiro atoms. The van der Waals surface area contributed by atoms with E-state index in [-0.39, 0.29) is 6.03 Å². The number of hydrogen-bond acceptors (Lipinski definition) is 5. The van der Waals surface area contributed by atoms with Crippen molar-refractivity contribution in [3.8, 4) is 17.2 Å². The summed E-state index contributed by atoms with van der Waals surface area (Å²) in [5.74, 6) is 6.60. The maximum atomic E-state index is 9.83. The normalized spacial score (nSPS) is 8.50. The van der Waals surface area contributed by atoms with Gasteiger partial charge in [-0.2, -0.15) is 0 Å². The minimum absolute atomic E-state index is 0.380. The van der Waals surface area contributed by atoms with Gasteiger partial charge in [0.25, 0.3) is 0 Å². The summed E-state index contributed by atoms with van der Waals surface area (Å²) in [5, 5.41) is 2.24. The van der Waals surface area contributed by atoms with Crippen LogP contribution in [0.5, 0.6) is 17.2 Å². The fourth-order valence-corrected chi connectivity index (χ4v) is 1.09. The lowest BCUT2D eigenvalue weighted by molar-refractivity contribution is 0.243. The highest BCUT2D eigenvalue weighted by molar-refractivity contribution is 5.72. The first kappa shape index (κ1) is 15.9. The van der Waals surface area contributed by atoms with Crippen molar-refractivity contribution in [2.24, 2.45) is 5.84 Å². The Bertz CT molecular complexity index is 343. The van der Waals surface area contributed by atoms with Crippen LogP contribution in [0, 0.1) is 0 Å². The van der Waals surface area contributed by atoms with E-state index < -0.39 is 0 Å². The summed E-state index contributed by atoms with van der Waals surface area (Å²) in [6.07, 6.45) is 0. The Kier molecular flexibility index (Phi) is 7.87. The van der Waals surface area contributed by atoms with Crippen LogP contribution in [0.2, 0.25) is 0 Å². The fraction of sp³-hybridized carbons (Fsp3) is 0.364. The first-order valence-electron chi connectivity index (χ1n) is 5.07. The molecule has 0 fully saturated rings. The average molecular weight is 257 g/mol. The van der Waals surface area contributed by atoms with E-state index in [0.29, 0.717) is 17.2 Å². The van der Waals surface area contributed by atoms with Gasteiger partial charge in [-0.1, -0.05) is 6.07 Å². The number of hydrogen-bond donors (Lipinski definition) is 3. The number of hydrazine groups is 1. The Hall–Kier alpha value is -2.15. The number of nitrogens with two attached hydrogens (primary N) is 1. The molecular formula is C11H19N3O4.